The number of sulfonamides is 1. The number of ether oxygens (including phenoxy) is 1. The quantitative estimate of drug-likeness (QED) is 0.896. The molecular weight excluding hydrogens is 351 g/mol. The summed E-state index contributed by atoms with van der Waals surface area (Å²) in [5.41, 5.74) is 0.701. The molecule has 0 aromatic heterocycles. The van der Waals surface area contributed by atoms with Gasteiger partial charge in [-0.15, -0.1) is 0 Å². The molecule has 0 fully saturated rings. The summed E-state index contributed by atoms with van der Waals surface area (Å²) in [6.07, 6.45) is -4.62. The second-order valence-corrected chi connectivity index (χ2v) is 6.28. The summed E-state index contributed by atoms with van der Waals surface area (Å²) in [5, 5.41) is 0. The summed E-state index contributed by atoms with van der Waals surface area (Å²) in [4.78, 5) is -0.350. The standard InChI is InChI=1S/C10H11BrF3NO3S/c1-6-3-8(18-2)9(4-7(6)11)19(16,17)15-5-10(12,13)14/h3-4,15H,5H2,1-2H3. The van der Waals surface area contributed by atoms with Crippen LogP contribution in [0.4, 0.5) is 13.2 Å². The molecule has 0 aliphatic carbocycles. The number of alkyl halides is 3. The van der Waals surface area contributed by atoms with Crippen LogP contribution >= 0.6 is 15.9 Å². The van der Waals surface area contributed by atoms with E-state index < -0.39 is 22.7 Å². The smallest absolute Gasteiger partial charge is 0.402 e. The van der Waals surface area contributed by atoms with Crippen LogP contribution in [0.2, 0.25) is 0 Å². The van der Waals surface area contributed by atoms with Crippen molar-refractivity contribution in [2.45, 2.75) is 18.0 Å². The number of aryl methyl sites for hydroxylation is 1. The molecule has 0 bridgehead atoms. The van der Waals surface area contributed by atoms with Crippen LogP contribution in [-0.4, -0.2) is 28.2 Å². The van der Waals surface area contributed by atoms with Gasteiger partial charge in [-0.05, 0) is 24.6 Å². The van der Waals surface area contributed by atoms with E-state index in [-0.39, 0.29) is 10.6 Å². The lowest BCUT2D eigenvalue weighted by Gasteiger charge is -2.13. The largest absolute Gasteiger partial charge is 0.495 e. The zero-order chi connectivity index (χ0) is 14.8. The molecule has 4 nitrogen and oxygen atoms in total. The molecule has 19 heavy (non-hydrogen) atoms. The predicted octanol–water partition coefficient (Wildman–Crippen LogP) is 2.61. The lowest BCUT2D eigenvalue weighted by Crippen LogP contribution is -2.34. The van der Waals surface area contributed by atoms with Crippen molar-refractivity contribution >= 4 is 26.0 Å². The van der Waals surface area contributed by atoms with Crippen LogP contribution in [0.25, 0.3) is 0 Å². The van der Waals surface area contributed by atoms with Crippen molar-refractivity contribution in [1.29, 1.82) is 0 Å². The van der Waals surface area contributed by atoms with Gasteiger partial charge in [0.05, 0.1) is 7.11 Å². The molecule has 0 unspecified atom stereocenters. The normalized spacial score (nSPS) is 12.5. The Balaban J connectivity index is 3.17. The van der Waals surface area contributed by atoms with E-state index in [1.54, 1.807) is 6.92 Å². The fourth-order valence-electron chi connectivity index (χ4n) is 1.26. The molecule has 0 atom stereocenters. The van der Waals surface area contributed by atoms with Gasteiger partial charge < -0.3 is 4.74 Å². The predicted molar refractivity (Wildman–Crippen MR) is 66.7 cm³/mol. The minimum Gasteiger partial charge on any atom is -0.495 e. The minimum absolute atomic E-state index is 0.0182. The highest BCUT2D eigenvalue weighted by molar-refractivity contribution is 9.10. The topological polar surface area (TPSA) is 55.4 Å². The van der Waals surface area contributed by atoms with Crippen LogP contribution in [0, 0.1) is 6.92 Å². The second-order valence-electron chi connectivity index (χ2n) is 3.69. The van der Waals surface area contributed by atoms with E-state index in [1.165, 1.54) is 24.0 Å². The van der Waals surface area contributed by atoms with Gasteiger partial charge in [-0.1, -0.05) is 15.9 Å². The average Bonchev–Trinajstić information content (AvgIpc) is 2.28. The Hall–Kier alpha value is -0.800. The summed E-state index contributed by atoms with van der Waals surface area (Å²) in [5.74, 6) is -0.0182. The van der Waals surface area contributed by atoms with Crippen molar-refractivity contribution in [2.75, 3.05) is 13.7 Å². The Morgan fingerprint density at radius 1 is 1.37 bits per heavy atom. The number of nitrogens with one attached hydrogen (secondary N) is 1. The van der Waals surface area contributed by atoms with Gasteiger partial charge in [0.2, 0.25) is 10.0 Å². The van der Waals surface area contributed by atoms with Crippen LogP contribution in [0.5, 0.6) is 5.75 Å². The monoisotopic (exact) mass is 361 g/mol. The van der Waals surface area contributed by atoms with Gasteiger partial charge in [0.25, 0.3) is 0 Å². The van der Waals surface area contributed by atoms with Crippen molar-refractivity contribution in [3.8, 4) is 5.75 Å². The first-order valence-electron chi connectivity index (χ1n) is 4.97. The van der Waals surface area contributed by atoms with Crippen molar-refractivity contribution in [3.63, 3.8) is 0 Å². The van der Waals surface area contributed by atoms with Crippen LogP contribution in [-0.2, 0) is 10.0 Å². The zero-order valence-corrected chi connectivity index (χ0v) is 12.4. The fraction of sp³-hybridized carbons (Fsp3) is 0.400. The molecule has 1 aromatic carbocycles. The van der Waals surface area contributed by atoms with Gasteiger partial charge in [-0.25, -0.2) is 13.1 Å². The lowest BCUT2D eigenvalue weighted by molar-refractivity contribution is -0.121. The third-order valence-electron chi connectivity index (χ3n) is 2.20. The average molecular weight is 362 g/mol. The molecule has 0 aliphatic heterocycles. The SMILES string of the molecule is COc1cc(C)c(Br)cc1S(=O)(=O)NCC(F)(F)F. The molecule has 108 valence electrons. The Morgan fingerprint density at radius 3 is 2.42 bits per heavy atom. The van der Waals surface area contributed by atoms with Gasteiger partial charge in [0.15, 0.2) is 0 Å². The molecule has 0 spiro atoms. The van der Waals surface area contributed by atoms with E-state index in [0.29, 0.717) is 10.0 Å². The zero-order valence-electron chi connectivity index (χ0n) is 10.0. The summed E-state index contributed by atoms with van der Waals surface area (Å²) in [6, 6.07) is 2.62. The lowest BCUT2D eigenvalue weighted by atomic mass is 10.2. The maximum atomic E-state index is 12.1. The van der Waals surface area contributed by atoms with Crippen LogP contribution in [0.3, 0.4) is 0 Å². The molecule has 0 saturated carbocycles. The highest BCUT2D eigenvalue weighted by Gasteiger charge is 2.31. The minimum atomic E-state index is -4.62. The van der Waals surface area contributed by atoms with Gasteiger partial charge >= 0.3 is 6.18 Å². The van der Waals surface area contributed by atoms with Gasteiger partial charge in [-0.3, -0.25) is 0 Å². The number of halogens is 4. The molecule has 0 heterocycles. The summed E-state index contributed by atoms with van der Waals surface area (Å²) in [6.45, 7) is 0.0656. The van der Waals surface area contributed by atoms with Crippen LogP contribution in [0.15, 0.2) is 21.5 Å². The van der Waals surface area contributed by atoms with Crippen molar-refractivity contribution in [3.05, 3.63) is 22.2 Å². The summed E-state index contributed by atoms with van der Waals surface area (Å²) in [7, 11) is -3.06. The number of hydrogen-bond donors (Lipinski definition) is 1. The van der Waals surface area contributed by atoms with E-state index in [2.05, 4.69) is 15.9 Å². The van der Waals surface area contributed by atoms with Crippen LogP contribution in [0.1, 0.15) is 5.56 Å². The summed E-state index contributed by atoms with van der Waals surface area (Å²) >= 11 is 3.12. The first kappa shape index (κ1) is 16.3. The molecule has 1 rings (SSSR count). The Morgan fingerprint density at radius 2 is 1.95 bits per heavy atom. The van der Waals surface area contributed by atoms with E-state index in [1.807, 2.05) is 0 Å². The van der Waals surface area contributed by atoms with Crippen molar-refractivity contribution in [1.82, 2.24) is 4.72 Å². The maximum absolute atomic E-state index is 12.1. The van der Waals surface area contributed by atoms with Gasteiger partial charge in [0, 0.05) is 4.47 Å². The highest BCUT2D eigenvalue weighted by Crippen LogP contribution is 2.30. The maximum Gasteiger partial charge on any atom is 0.402 e. The molecule has 0 saturated heterocycles. The highest BCUT2D eigenvalue weighted by atomic mass is 79.9. The molecule has 1 N–H and O–H groups in total. The number of hydrogen-bond acceptors (Lipinski definition) is 3. The van der Waals surface area contributed by atoms with Crippen molar-refractivity contribution < 1.29 is 26.3 Å². The number of benzene rings is 1. The first-order valence-corrected chi connectivity index (χ1v) is 7.25. The van der Waals surface area contributed by atoms with E-state index >= 15 is 0 Å². The third-order valence-corrected chi connectivity index (χ3v) is 4.47. The summed E-state index contributed by atoms with van der Waals surface area (Å²) < 4.78 is 66.6. The third kappa shape index (κ3) is 4.36. The Kier molecular flexibility index (Phi) is 4.86. The molecule has 0 radical (unpaired) electrons. The van der Waals surface area contributed by atoms with Crippen molar-refractivity contribution in [2.24, 2.45) is 0 Å². The molecule has 0 aliphatic rings. The Bertz CT molecular complexity index is 572. The molecular formula is C10H11BrF3NO3S. The molecule has 0 amide bonds. The fourth-order valence-corrected chi connectivity index (χ4v) is 2.95. The van der Waals surface area contributed by atoms with E-state index in [0.717, 1.165) is 0 Å². The van der Waals surface area contributed by atoms with Gasteiger partial charge in [0.1, 0.15) is 17.2 Å². The van der Waals surface area contributed by atoms with E-state index in [9.17, 15) is 21.6 Å². The Labute approximate surface area is 117 Å². The number of methoxy groups -OCH3 is 1. The second kappa shape index (κ2) is 5.68. The molecule has 1 aromatic rings. The number of rotatable bonds is 4. The molecule has 9 heteroatoms. The first-order chi connectivity index (χ1) is 8.57. The van der Waals surface area contributed by atoms with E-state index in [4.69, 9.17) is 4.74 Å². The van der Waals surface area contributed by atoms with Gasteiger partial charge in [-0.2, -0.15) is 13.2 Å². The van der Waals surface area contributed by atoms with Crippen LogP contribution < -0.4 is 9.46 Å².